The van der Waals surface area contributed by atoms with Crippen molar-refractivity contribution in [2.45, 2.75) is 6.92 Å². The summed E-state index contributed by atoms with van der Waals surface area (Å²) in [5, 5.41) is 0.611. The molecule has 1 aromatic rings. The number of benzene rings is 1. The standard InChI is InChI=1S/C8H9NO/c1-7(10)9-8-5-3-2-4-6-8/h2-6H,1H3,(H,9,10)/i3D,5D/hD. The van der Waals surface area contributed by atoms with Gasteiger partial charge in [-0.05, 0) is 12.1 Å². The van der Waals surface area contributed by atoms with Crippen LogP contribution in [0.2, 0.25) is 1.41 Å². The van der Waals surface area contributed by atoms with E-state index in [1.807, 2.05) is 0 Å². The smallest absolute Gasteiger partial charge is 0.221 e. The van der Waals surface area contributed by atoms with E-state index in [-0.39, 0.29) is 17.8 Å². The quantitative estimate of drug-likeness (QED) is 0.628. The van der Waals surface area contributed by atoms with Crippen molar-refractivity contribution >= 4 is 11.6 Å². The molecule has 0 heterocycles. The second kappa shape index (κ2) is 3.01. The zero-order valence-corrected chi connectivity index (χ0v) is 5.59. The van der Waals surface area contributed by atoms with E-state index in [0.717, 1.165) is 0 Å². The van der Waals surface area contributed by atoms with Crippen molar-refractivity contribution < 1.29 is 8.95 Å². The summed E-state index contributed by atoms with van der Waals surface area (Å²) in [6, 6.07) is 4.36. The first-order chi connectivity index (χ1) is 6.04. The van der Waals surface area contributed by atoms with Crippen molar-refractivity contribution in [3.63, 3.8) is 0 Å². The predicted octanol–water partition coefficient (Wildman–Crippen LogP) is 1.65. The number of carbonyl (C=O) groups is 1. The number of rotatable bonds is 1. The van der Waals surface area contributed by atoms with Crippen molar-refractivity contribution in [3.8, 4) is 0 Å². The minimum absolute atomic E-state index is 0.0102. The van der Waals surface area contributed by atoms with Gasteiger partial charge in [0.1, 0.15) is 0 Å². The number of amides is 1. The Morgan fingerprint density at radius 1 is 1.80 bits per heavy atom. The molecule has 0 fully saturated rings. The Labute approximate surface area is 64.1 Å². The number of anilines is 1. The summed E-state index contributed by atoms with van der Waals surface area (Å²) in [6.45, 7) is 1.24. The van der Waals surface area contributed by atoms with Crippen LogP contribution in [0, 0.1) is 0 Å². The number of hydrogen-bond acceptors (Lipinski definition) is 1. The lowest BCUT2D eigenvalue weighted by atomic mass is 10.3. The Morgan fingerprint density at radius 2 is 2.60 bits per heavy atom. The van der Waals surface area contributed by atoms with E-state index < -0.39 is 5.91 Å². The molecule has 1 rings (SSSR count). The minimum Gasteiger partial charge on any atom is -0.326 e. The first-order valence-electron chi connectivity index (χ1n) is 4.34. The van der Waals surface area contributed by atoms with Crippen LogP contribution in [0.5, 0.6) is 0 Å². The highest BCUT2D eigenvalue weighted by Crippen LogP contribution is 2.03. The highest BCUT2D eigenvalue weighted by atomic mass is 16.1. The number of carbonyl (C=O) groups excluding carboxylic acids is 1. The van der Waals surface area contributed by atoms with Gasteiger partial charge in [0.25, 0.3) is 0 Å². The molecule has 0 aliphatic rings. The van der Waals surface area contributed by atoms with Crippen LogP contribution in [0.1, 0.15) is 9.67 Å². The highest BCUT2D eigenvalue weighted by Gasteiger charge is 1.90. The SMILES string of the molecule is [2H]c1cccc(N([2H])C(C)=O)c1[2H]. The van der Waals surface area contributed by atoms with Gasteiger partial charge >= 0.3 is 0 Å². The molecule has 1 N–H and O–H groups in total. The van der Waals surface area contributed by atoms with E-state index in [9.17, 15) is 4.79 Å². The van der Waals surface area contributed by atoms with E-state index in [0.29, 0.717) is 5.31 Å². The summed E-state index contributed by atoms with van der Waals surface area (Å²) in [4.78, 5) is 10.8. The van der Waals surface area contributed by atoms with Crippen molar-refractivity contribution in [2.24, 2.45) is 0 Å². The van der Waals surface area contributed by atoms with E-state index >= 15 is 0 Å². The molecular weight excluding hydrogens is 126 g/mol. The Kier molecular flexibility index (Phi) is 1.13. The molecule has 1 aromatic carbocycles. The lowest BCUT2D eigenvalue weighted by molar-refractivity contribution is -0.114. The largest absolute Gasteiger partial charge is 0.326 e. The first kappa shape index (κ1) is 3.76. The molecule has 0 aromatic heterocycles. The van der Waals surface area contributed by atoms with Crippen LogP contribution in [0.25, 0.3) is 0 Å². The predicted molar refractivity (Wildman–Crippen MR) is 40.7 cm³/mol. The van der Waals surface area contributed by atoms with Gasteiger partial charge in [0.15, 0.2) is 1.41 Å². The van der Waals surface area contributed by atoms with Gasteiger partial charge in [0.2, 0.25) is 5.91 Å². The molecule has 0 aliphatic carbocycles. The van der Waals surface area contributed by atoms with Gasteiger partial charge in [-0.25, -0.2) is 0 Å². The third kappa shape index (κ3) is 1.90. The normalized spacial score (nSPS) is 13.1. The summed E-state index contributed by atoms with van der Waals surface area (Å²) in [5.41, 5.74) is 0.139. The number of nitrogens with one attached hydrogen (secondary N) is 1. The van der Waals surface area contributed by atoms with Crippen molar-refractivity contribution in [1.29, 1.82) is 0 Å². The molecule has 10 heavy (non-hydrogen) atoms. The zero-order valence-electron chi connectivity index (χ0n) is 8.59. The van der Waals surface area contributed by atoms with Crippen LogP contribution in [0.15, 0.2) is 30.3 Å². The average Bonchev–Trinajstić information content (AvgIpc) is 2.08. The lowest BCUT2D eigenvalue weighted by Crippen LogP contribution is -2.04. The van der Waals surface area contributed by atoms with Gasteiger partial charge in [0.05, 0.1) is 2.74 Å². The van der Waals surface area contributed by atoms with E-state index in [1.54, 1.807) is 6.07 Å². The Hall–Kier alpha value is -1.31. The van der Waals surface area contributed by atoms with E-state index in [1.165, 1.54) is 19.1 Å². The van der Waals surface area contributed by atoms with Crippen LogP contribution in [0.4, 0.5) is 5.69 Å². The fraction of sp³-hybridized carbons (Fsp3) is 0.125. The first-order valence-corrected chi connectivity index (χ1v) is 2.90. The van der Waals surface area contributed by atoms with Crippen LogP contribution in [0.3, 0.4) is 0 Å². The molecule has 0 saturated heterocycles. The molecule has 0 radical (unpaired) electrons. The molecule has 0 bridgehead atoms. The third-order valence-electron chi connectivity index (χ3n) is 0.912. The molecule has 0 spiro atoms. The molecule has 1 amide bonds. The van der Waals surface area contributed by atoms with E-state index in [2.05, 4.69) is 0 Å². The maximum absolute atomic E-state index is 10.8. The van der Waals surface area contributed by atoms with Crippen LogP contribution in [-0.2, 0) is 4.79 Å². The molecule has 0 atom stereocenters. The molecule has 0 unspecified atom stereocenters. The average molecular weight is 138 g/mol. The van der Waals surface area contributed by atoms with Crippen molar-refractivity contribution in [3.05, 3.63) is 30.3 Å². The van der Waals surface area contributed by atoms with Gasteiger partial charge in [-0.1, -0.05) is 18.2 Å². The van der Waals surface area contributed by atoms with Crippen LogP contribution in [-0.4, -0.2) is 5.91 Å². The topological polar surface area (TPSA) is 29.1 Å². The summed E-state index contributed by atoms with van der Waals surface area (Å²) in [7, 11) is 0. The summed E-state index contributed by atoms with van der Waals surface area (Å²) in [6.07, 6.45) is 0. The van der Waals surface area contributed by atoms with Crippen LogP contribution < -0.4 is 5.31 Å². The Bertz CT molecular complexity index is 340. The maximum atomic E-state index is 10.8. The molecule has 0 saturated carbocycles. The van der Waals surface area contributed by atoms with Gasteiger partial charge in [-0.2, -0.15) is 0 Å². The Balaban J connectivity index is 3.15. The molecular formula is C8H9NO. The molecule has 52 valence electrons. The van der Waals surface area contributed by atoms with Crippen molar-refractivity contribution in [1.82, 2.24) is 0 Å². The fourth-order valence-electron chi connectivity index (χ4n) is 0.579. The zero-order chi connectivity index (χ0) is 10.0. The third-order valence-corrected chi connectivity index (χ3v) is 0.912. The van der Waals surface area contributed by atoms with Gasteiger partial charge in [-0.3, -0.25) is 4.79 Å². The number of hydrogen-bond donors (Lipinski definition) is 1. The lowest BCUT2D eigenvalue weighted by Gasteiger charge is -1.98. The minimum atomic E-state index is -0.473. The molecule has 0 aliphatic heterocycles. The van der Waals surface area contributed by atoms with Crippen molar-refractivity contribution in [2.75, 3.05) is 5.31 Å². The second-order valence-corrected chi connectivity index (χ2v) is 1.81. The maximum Gasteiger partial charge on any atom is 0.221 e. The van der Waals surface area contributed by atoms with Gasteiger partial charge in [-0.15, -0.1) is 0 Å². The second-order valence-electron chi connectivity index (χ2n) is 1.81. The van der Waals surface area contributed by atoms with Crippen LogP contribution >= 0.6 is 0 Å². The molecule has 2 nitrogen and oxygen atoms in total. The van der Waals surface area contributed by atoms with Gasteiger partial charge < -0.3 is 5.31 Å². The molecule has 2 heteroatoms. The summed E-state index contributed by atoms with van der Waals surface area (Å²) >= 11 is 0. The summed E-state index contributed by atoms with van der Waals surface area (Å²) < 4.78 is 22.0. The van der Waals surface area contributed by atoms with E-state index in [4.69, 9.17) is 4.15 Å². The number of para-hydroxylation sites is 1. The monoisotopic (exact) mass is 138 g/mol. The fourth-order valence-corrected chi connectivity index (χ4v) is 0.579. The summed E-state index contributed by atoms with van der Waals surface area (Å²) in [5.74, 6) is -0.473. The Morgan fingerprint density at radius 3 is 3.30 bits per heavy atom. The highest BCUT2D eigenvalue weighted by molar-refractivity contribution is 5.88. The van der Waals surface area contributed by atoms with Gasteiger partial charge in [0, 0.05) is 12.6 Å².